The molecule has 0 aromatic heterocycles. The van der Waals surface area contributed by atoms with Crippen molar-refractivity contribution in [3.8, 4) is 16.9 Å². The molecule has 0 spiro atoms. The smallest absolute Gasteiger partial charge is 0.290 e. The summed E-state index contributed by atoms with van der Waals surface area (Å²) >= 11 is 0. The largest absolute Gasteiger partial charge is 0.493 e. The topological polar surface area (TPSA) is 107 Å². The Balaban J connectivity index is 0.00000127. The Bertz CT molecular complexity index is 1190. The summed E-state index contributed by atoms with van der Waals surface area (Å²) in [5.41, 5.74) is 1.93. The molecule has 4 rings (SSSR count). The quantitative estimate of drug-likeness (QED) is 0.173. The molecule has 3 N–H and O–H groups in total. The summed E-state index contributed by atoms with van der Waals surface area (Å²) in [5, 5.41) is 29.5. The molecule has 7 nitrogen and oxygen atoms in total. The van der Waals surface area contributed by atoms with E-state index in [1.807, 2.05) is 0 Å². The van der Waals surface area contributed by atoms with Crippen molar-refractivity contribution in [2.75, 3.05) is 6.61 Å². The summed E-state index contributed by atoms with van der Waals surface area (Å²) in [6.07, 6.45) is 5.53. The standard InChI is InChI=1S/C29H32FNO4.CH2O2/c1-2-3-4-7-19-35-27-12-6-5-11-26(27)29(33,34)31(25-17-18-25)28(32)22-15-13-21(14-16-22)23-9-8-10-24(30)20-23;2-1-3/h5-6,8-16,20,25,33-34H,2-4,7,17-19H2,1H3;1H,(H,2,3). The number of carbonyl (C=O) groups excluding carboxylic acids is 1. The number of amides is 1. The fraction of sp³-hybridized carbons (Fsp3) is 0.333. The molecule has 3 aromatic carbocycles. The first-order valence-corrected chi connectivity index (χ1v) is 12.8. The number of aliphatic hydroxyl groups is 2. The number of benzene rings is 3. The van der Waals surface area contributed by atoms with Gasteiger partial charge in [-0.2, -0.15) is 0 Å². The van der Waals surface area contributed by atoms with Crippen LogP contribution in [0.25, 0.3) is 11.1 Å². The van der Waals surface area contributed by atoms with Crippen LogP contribution in [0.3, 0.4) is 0 Å². The second-order valence-electron chi connectivity index (χ2n) is 9.14. The van der Waals surface area contributed by atoms with E-state index in [2.05, 4.69) is 6.92 Å². The fourth-order valence-corrected chi connectivity index (χ4v) is 4.22. The van der Waals surface area contributed by atoms with Crippen molar-refractivity contribution in [3.05, 3.63) is 89.7 Å². The first-order valence-electron chi connectivity index (χ1n) is 12.8. The maximum absolute atomic E-state index is 13.6. The Kier molecular flexibility index (Phi) is 10.4. The van der Waals surface area contributed by atoms with Crippen LogP contribution >= 0.6 is 0 Å². The van der Waals surface area contributed by atoms with E-state index in [0.717, 1.165) is 36.1 Å². The summed E-state index contributed by atoms with van der Waals surface area (Å²) in [6.45, 7) is 2.35. The number of hydrogen-bond donors (Lipinski definition) is 3. The van der Waals surface area contributed by atoms with Crippen LogP contribution < -0.4 is 4.74 Å². The molecule has 38 heavy (non-hydrogen) atoms. The number of nitrogens with zero attached hydrogens (tertiary/aromatic N) is 1. The number of unbranched alkanes of at least 4 members (excludes halogenated alkanes) is 3. The molecule has 8 heteroatoms. The minimum atomic E-state index is -2.53. The second kappa shape index (κ2) is 13.7. The van der Waals surface area contributed by atoms with E-state index in [1.165, 1.54) is 12.1 Å². The SMILES string of the molecule is CCCCCCOc1ccccc1C(O)(O)N(C(=O)c1ccc(-c2cccc(F)c2)cc1)C1CC1.O=CO. The number of para-hydroxylation sites is 1. The van der Waals surface area contributed by atoms with Crippen molar-refractivity contribution in [1.29, 1.82) is 0 Å². The van der Waals surface area contributed by atoms with Gasteiger partial charge in [-0.3, -0.25) is 14.5 Å². The molecule has 0 unspecified atom stereocenters. The number of carbonyl (C=O) groups is 2. The van der Waals surface area contributed by atoms with Gasteiger partial charge in [-0.25, -0.2) is 4.39 Å². The van der Waals surface area contributed by atoms with Crippen molar-refractivity contribution in [3.63, 3.8) is 0 Å². The van der Waals surface area contributed by atoms with Gasteiger partial charge in [-0.15, -0.1) is 0 Å². The molecule has 0 atom stereocenters. The monoisotopic (exact) mass is 523 g/mol. The number of hydrogen-bond acceptors (Lipinski definition) is 5. The molecule has 0 heterocycles. The molecule has 1 fully saturated rings. The molecular formula is C30H34FNO6. The third-order valence-corrected chi connectivity index (χ3v) is 6.26. The molecule has 1 aliphatic rings. The minimum absolute atomic E-state index is 0.145. The third kappa shape index (κ3) is 7.40. The second-order valence-corrected chi connectivity index (χ2v) is 9.14. The van der Waals surface area contributed by atoms with Crippen molar-refractivity contribution in [2.45, 2.75) is 57.4 Å². The van der Waals surface area contributed by atoms with Crippen LogP contribution in [-0.4, -0.2) is 45.2 Å². The summed E-state index contributed by atoms with van der Waals surface area (Å²) in [7, 11) is 0. The maximum atomic E-state index is 13.6. The van der Waals surface area contributed by atoms with E-state index in [9.17, 15) is 19.4 Å². The average molecular weight is 524 g/mol. The number of ether oxygens (including phenoxy) is 1. The van der Waals surface area contributed by atoms with Gasteiger partial charge < -0.3 is 20.1 Å². The highest BCUT2D eigenvalue weighted by Crippen LogP contribution is 2.40. The normalized spacial score (nSPS) is 12.7. The molecule has 202 valence electrons. The molecule has 0 bridgehead atoms. The molecule has 1 saturated carbocycles. The highest BCUT2D eigenvalue weighted by atomic mass is 19.1. The lowest BCUT2D eigenvalue weighted by Crippen LogP contribution is -2.51. The molecular weight excluding hydrogens is 489 g/mol. The van der Waals surface area contributed by atoms with Crippen molar-refractivity contribution in [2.24, 2.45) is 0 Å². The van der Waals surface area contributed by atoms with Gasteiger partial charge in [0.1, 0.15) is 11.6 Å². The van der Waals surface area contributed by atoms with Gasteiger partial charge in [0, 0.05) is 11.6 Å². The molecule has 1 aliphatic carbocycles. The Morgan fingerprint density at radius 1 is 1.00 bits per heavy atom. The first-order chi connectivity index (χ1) is 18.3. The third-order valence-electron chi connectivity index (χ3n) is 6.26. The molecule has 3 aromatic rings. The lowest BCUT2D eigenvalue weighted by molar-refractivity contribution is -0.259. The van der Waals surface area contributed by atoms with Gasteiger partial charge in [0.25, 0.3) is 18.3 Å². The van der Waals surface area contributed by atoms with Gasteiger partial charge in [0.05, 0.1) is 12.2 Å². The molecule has 0 radical (unpaired) electrons. The summed E-state index contributed by atoms with van der Waals surface area (Å²) in [4.78, 5) is 23.0. The van der Waals surface area contributed by atoms with Gasteiger partial charge >= 0.3 is 0 Å². The lowest BCUT2D eigenvalue weighted by Gasteiger charge is -2.36. The molecule has 1 amide bonds. The Hall–Kier alpha value is -3.75. The van der Waals surface area contributed by atoms with Gasteiger partial charge in [-0.1, -0.05) is 62.6 Å². The maximum Gasteiger partial charge on any atom is 0.290 e. The van der Waals surface area contributed by atoms with Gasteiger partial charge in [-0.05, 0) is 66.8 Å². The van der Waals surface area contributed by atoms with E-state index in [-0.39, 0.29) is 23.9 Å². The van der Waals surface area contributed by atoms with E-state index in [1.54, 1.807) is 60.7 Å². The van der Waals surface area contributed by atoms with Gasteiger partial charge in [0.15, 0.2) is 0 Å². The number of carboxylic acid groups (broad SMARTS) is 1. The molecule has 0 aliphatic heterocycles. The summed E-state index contributed by atoms with van der Waals surface area (Å²) < 4.78 is 19.5. The van der Waals surface area contributed by atoms with E-state index < -0.39 is 11.8 Å². The van der Waals surface area contributed by atoms with E-state index in [0.29, 0.717) is 36.3 Å². The Morgan fingerprint density at radius 3 is 2.32 bits per heavy atom. The first kappa shape index (κ1) is 28.8. The van der Waals surface area contributed by atoms with Crippen LogP contribution in [0.5, 0.6) is 5.75 Å². The van der Waals surface area contributed by atoms with Crippen molar-refractivity contribution in [1.82, 2.24) is 4.90 Å². The van der Waals surface area contributed by atoms with Crippen molar-refractivity contribution < 1.29 is 34.0 Å². The highest BCUT2D eigenvalue weighted by Gasteiger charge is 2.48. The predicted octanol–water partition coefficient (Wildman–Crippen LogP) is 5.55. The van der Waals surface area contributed by atoms with E-state index >= 15 is 0 Å². The molecule has 0 saturated heterocycles. The Morgan fingerprint density at radius 2 is 1.68 bits per heavy atom. The Labute approximate surface area is 222 Å². The van der Waals surface area contributed by atoms with Crippen LogP contribution in [0.1, 0.15) is 61.4 Å². The van der Waals surface area contributed by atoms with Crippen LogP contribution in [0.2, 0.25) is 0 Å². The number of rotatable bonds is 11. The zero-order valence-electron chi connectivity index (χ0n) is 21.4. The highest BCUT2D eigenvalue weighted by molar-refractivity contribution is 5.95. The predicted molar refractivity (Wildman–Crippen MR) is 142 cm³/mol. The lowest BCUT2D eigenvalue weighted by atomic mass is 10.0. The van der Waals surface area contributed by atoms with Crippen LogP contribution in [0, 0.1) is 5.82 Å². The van der Waals surface area contributed by atoms with Gasteiger partial charge in [0.2, 0.25) is 0 Å². The zero-order chi connectivity index (χ0) is 27.5. The van der Waals surface area contributed by atoms with Crippen LogP contribution in [0.4, 0.5) is 4.39 Å². The fourth-order valence-electron chi connectivity index (χ4n) is 4.22. The van der Waals surface area contributed by atoms with Crippen molar-refractivity contribution >= 4 is 12.4 Å². The van der Waals surface area contributed by atoms with Crippen LogP contribution in [0.15, 0.2) is 72.8 Å². The summed E-state index contributed by atoms with van der Waals surface area (Å²) in [5.74, 6) is -2.99. The average Bonchev–Trinajstić information content (AvgIpc) is 3.74. The van der Waals surface area contributed by atoms with E-state index in [4.69, 9.17) is 14.6 Å². The number of halogens is 1. The summed E-state index contributed by atoms with van der Waals surface area (Å²) in [6, 6.07) is 19.4. The zero-order valence-corrected chi connectivity index (χ0v) is 21.4. The minimum Gasteiger partial charge on any atom is -0.493 e. The van der Waals surface area contributed by atoms with Crippen LogP contribution in [-0.2, 0) is 10.7 Å².